The molecule has 6 nitrogen and oxygen atoms in total. The van der Waals surface area contributed by atoms with Gasteiger partial charge in [-0.3, -0.25) is 4.79 Å². The second-order valence-corrected chi connectivity index (χ2v) is 4.87. The van der Waals surface area contributed by atoms with Crippen LogP contribution in [0.5, 0.6) is 0 Å². The quantitative estimate of drug-likeness (QED) is 0.786. The van der Waals surface area contributed by atoms with Gasteiger partial charge in [-0.1, -0.05) is 5.21 Å². The average molecular weight is 235 g/mol. The summed E-state index contributed by atoms with van der Waals surface area (Å²) in [6, 6.07) is 0.701. The van der Waals surface area contributed by atoms with Crippen molar-refractivity contribution < 1.29 is 4.79 Å². The molecule has 0 aromatic carbocycles. The largest absolute Gasteiger partial charge is 0.332 e. The van der Waals surface area contributed by atoms with Crippen molar-refractivity contribution in [3.05, 3.63) is 11.9 Å². The Labute approximate surface area is 100.0 Å². The molecule has 1 aliphatic heterocycles. The zero-order chi connectivity index (χ0) is 11.8. The Hall–Kier alpha value is -1.43. The molecule has 2 heterocycles. The molecule has 92 valence electrons. The maximum absolute atomic E-state index is 12.2. The molecular formula is C11H17N5O. The normalized spacial score (nSPS) is 25.0. The van der Waals surface area contributed by atoms with Crippen LogP contribution in [0.15, 0.2) is 6.20 Å². The van der Waals surface area contributed by atoms with E-state index in [-0.39, 0.29) is 11.9 Å². The number of nitrogens with one attached hydrogen (secondary N) is 1. The summed E-state index contributed by atoms with van der Waals surface area (Å²) in [5.41, 5.74) is 0.477. The molecule has 0 unspecified atom stereocenters. The Morgan fingerprint density at radius 2 is 2.35 bits per heavy atom. The topological polar surface area (TPSA) is 63.1 Å². The minimum atomic E-state index is 0.00546. The fraction of sp³-hybridized carbons (Fsp3) is 0.727. The molecule has 1 aromatic rings. The maximum Gasteiger partial charge on any atom is 0.276 e. The standard InChI is InChI=1S/C11H17N5O/c1-8-6-12-4-5-15(8)11(17)10-7-16(14-13-10)9-2-3-9/h7-9,12H,2-6H2,1H3/t8-/m1/s1. The van der Waals surface area contributed by atoms with Crippen LogP contribution < -0.4 is 5.32 Å². The van der Waals surface area contributed by atoms with Gasteiger partial charge in [-0.25, -0.2) is 4.68 Å². The Morgan fingerprint density at radius 1 is 1.53 bits per heavy atom. The van der Waals surface area contributed by atoms with Gasteiger partial charge < -0.3 is 10.2 Å². The van der Waals surface area contributed by atoms with Gasteiger partial charge in [-0.15, -0.1) is 5.10 Å². The predicted octanol–water partition coefficient (Wildman–Crippen LogP) is 0.0469. The van der Waals surface area contributed by atoms with Crippen molar-refractivity contribution >= 4 is 5.91 Å². The molecule has 1 N–H and O–H groups in total. The summed E-state index contributed by atoms with van der Waals surface area (Å²) in [6.07, 6.45) is 4.09. The summed E-state index contributed by atoms with van der Waals surface area (Å²) < 4.78 is 1.82. The first-order valence-electron chi connectivity index (χ1n) is 6.19. The molecule has 0 radical (unpaired) electrons. The smallest absolute Gasteiger partial charge is 0.276 e. The van der Waals surface area contributed by atoms with Crippen molar-refractivity contribution in [2.24, 2.45) is 0 Å². The van der Waals surface area contributed by atoms with Crippen LogP contribution in [-0.4, -0.2) is 51.5 Å². The molecule has 2 aliphatic rings. The second-order valence-electron chi connectivity index (χ2n) is 4.87. The van der Waals surface area contributed by atoms with Gasteiger partial charge in [0.15, 0.2) is 5.69 Å². The molecule has 1 amide bonds. The number of piperazine rings is 1. The number of nitrogens with zero attached hydrogens (tertiary/aromatic N) is 4. The van der Waals surface area contributed by atoms with Crippen molar-refractivity contribution in [1.82, 2.24) is 25.2 Å². The van der Waals surface area contributed by atoms with Crippen molar-refractivity contribution in [2.75, 3.05) is 19.6 Å². The second kappa shape index (κ2) is 4.10. The summed E-state index contributed by atoms with van der Waals surface area (Å²) in [6.45, 7) is 4.50. The van der Waals surface area contributed by atoms with Gasteiger partial charge in [-0.05, 0) is 19.8 Å². The molecule has 0 bridgehead atoms. The molecule has 6 heteroatoms. The van der Waals surface area contributed by atoms with Crippen LogP contribution in [-0.2, 0) is 0 Å². The van der Waals surface area contributed by atoms with E-state index >= 15 is 0 Å². The van der Waals surface area contributed by atoms with E-state index < -0.39 is 0 Å². The van der Waals surface area contributed by atoms with E-state index in [1.54, 1.807) is 6.20 Å². The van der Waals surface area contributed by atoms with Crippen LogP contribution in [0.25, 0.3) is 0 Å². The lowest BCUT2D eigenvalue weighted by Gasteiger charge is -2.33. The van der Waals surface area contributed by atoms with E-state index in [1.165, 1.54) is 0 Å². The summed E-state index contributed by atoms with van der Waals surface area (Å²) in [7, 11) is 0. The number of aromatic nitrogens is 3. The van der Waals surface area contributed by atoms with Crippen LogP contribution in [0.3, 0.4) is 0 Å². The summed E-state index contributed by atoms with van der Waals surface area (Å²) in [5.74, 6) is 0.00546. The molecule has 1 aliphatic carbocycles. The number of hydrogen-bond acceptors (Lipinski definition) is 4. The van der Waals surface area contributed by atoms with E-state index in [2.05, 4.69) is 22.6 Å². The maximum atomic E-state index is 12.2. The minimum Gasteiger partial charge on any atom is -0.332 e. The number of rotatable bonds is 2. The fourth-order valence-corrected chi connectivity index (χ4v) is 2.18. The first-order chi connectivity index (χ1) is 8.25. The molecule has 1 atom stereocenters. The van der Waals surface area contributed by atoms with Crippen LogP contribution in [0.1, 0.15) is 36.3 Å². The minimum absolute atomic E-state index is 0.00546. The highest BCUT2D eigenvalue weighted by Crippen LogP contribution is 2.33. The van der Waals surface area contributed by atoms with Crippen LogP contribution in [0.2, 0.25) is 0 Å². The third kappa shape index (κ3) is 2.04. The lowest BCUT2D eigenvalue weighted by Crippen LogP contribution is -2.52. The number of amides is 1. The lowest BCUT2D eigenvalue weighted by atomic mass is 10.2. The lowest BCUT2D eigenvalue weighted by molar-refractivity contribution is 0.0649. The summed E-state index contributed by atoms with van der Waals surface area (Å²) in [4.78, 5) is 14.1. The van der Waals surface area contributed by atoms with E-state index in [0.717, 1.165) is 32.5 Å². The van der Waals surface area contributed by atoms with Crippen LogP contribution in [0.4, 0.5) is 0 Å². The predicted molar refractivity (Wildman–Crippen MR) is 61.7 cm³/mol. The van der Waals surface area contributed by atoms with E-state index in [0.29, 0.717) is 11.7 Å². The summed E-state index contributed by atoms with van der Waals surface area (Å²) in [5, 5.41) is 11.3. The van der Waals surface area contributed by atoms with Gasteiger partial charge >= 0.3 is 0 Å². The average Bonchev–Trinajstić information content (AvgIpc) is 3.07. The highest BCUT2D eigenvalue weighted by atomic mass is 16.2. The van der Waals surface area contributed by atoms with Crippen molar-refractivity contribution in [3.8, 4) is 0 Å². The monoisotopic (exact) mass is 235 g/mol. The molecule has 3 rings (SSSR count). The van der Waals surface area contributed by atoms with Gasteiger partial charge in [0.25, 0.3) is 5.91 Å². The molecule has 1 aromatic heterocycles. The number of carbonyl (C=O) groups is 1. The fourth-order valence-electron chi connectivity index (χ4n) is 2.18. The zero-order valence-electron chi connectivity index (χ0n) is 9.96. The first-order valence-corrected chi connectivity index (χ1v) is 6.19. The van der Waals surface area contributed by atoms with Gasteiger partial charge in [0, 0.05) is 25.7 Å². The third-order valence-electron chi connectivity index (χ3n) is 3.41. The first kappa shape index (κ1) is 10.7. The summed E-state index contributed by atoms with van der Waals surface area (Å²) >= 11 is 0. The number of hydrogen-bond donors (Lipinski definition) is 1. The van der Waals surface area contributed by atoms with Gasteiger partial charge in [-0.2, -0.15) is 0 Å². The Morgan fingerprint density at radius 3 is 3.06 bits per heavy atom. The molecular weight excluding hydrogens is 218 g/mol. The van der Waals surface area contributed by atoms with Crippen LogP contribution >= 0.6 is 0 Å². The van der Waals surface area contributed by atoms with Crippen molar-refractivity contribution in [3.63, 3.8) is 0 Å². The highest BCUT2D eigenvalue weighted by Gasteiger charge is 2.29. The van der Waals surface area contributed by atoms with E-state index in [9.17, 15) is 4.79 Å². The molecule has 1 saturated heterocycles. The molecule has 1 saturated carbocycles. The SMILES string of the molecule is C[C@@H]1CNCCN1C(=O)c1cn(C2CC2)nn1. The van der Waals surface area contributed by atoms with Crippen molar-refractivity contribution in [1.29, 1.82) is 0 Å². The highest BCUT2D eigenvalue weighted by molar-refractivity contribution is 5.92. The van der Waals surface area contributed by atoms with Gasteiger partial charge in [0.2, 0.25) is 0 Å². The number of carbonyl (C=O) groups excluding carboxylic acids is 1. The molecule has 17 heavy (non-hydrogen) atoms. The Bertz CT molecular complexity index is 425. The van der Waals surface area contributed by atoms with E-state index in [4.69, 9.17) is 0 Å². The Kier molecular flexibility index (Phi) is 2.58. The van der Waals surface area contributed by atoms with Gasteiger partial charge in [0.05, 0.1) is 12.2 Å². The van der Waals surface area contributed by atoms with Crippen molar-refractivity contribution in [2.45, 2.75) is 31.8 Å². The Balaban J connectivity index is 1.75. The van der Waals surface area contributed by atoms with E-state index in [1.807, 2.05) is 9.58 Å². The molecule has 2 fully saturated rings. The molecule has 0 spiro atoms. The third-order valence-corrected chi connectivity index (χ3v) is 3.41. The van der Waals surface area contributed by atoms with Gasteiger partial charge in [0.1, 0.15) is 0 Å². The van der Waals surface area contributed by atoms with Crippen LogP contribution in [0, 0.1) is 0 Å². The zero-order valence-corrected chi connectivity index (χ0v) is 9.96.